The van der Waals surface area contributed by atoms with Gasteiger partial charge in [0.15, 0.2) is 11.5 Å². The summed E-state index contributed by atoms with van der Waals surface area (Å²) in [5.74, 6) is -6.23. The zero-order valence-corrected chi connectivity index (χ0v) is 27.1. The molecular weight excluding hydrogens is 667 g/mol. The molecule has 0 aliphatic heterocycles. The second-order valence-electron chi connectivity index (χ2n) is 7.63. The van der Waals surface area contributed by atoms with Crippen LogP contribution < -0.4 is 25.4 Å². The highest BCUT2D eigenvalue weighted by molar-refractivity contribution is 8.20. The fourth-order valence-electron chi connectivity index (χ4n) is 3.25. The van der Waals surface area contributed by atoms with Crippen molar-refractivity contribution < 1.29 is 0 Å². The normalized spacial score (nSPS) is 15.1. The van der Waals surface area contributed by atoms with Crippen LogP contribution in [0.2, 0.25) is 0 Å². The van der Waals surface area contributed by atoms with Crippen molar-refractivity contribution in [1.29, 1.82) is 0 Å². The van der Waals surface area contributed by atoms with Crippen LogP contribution in [0.4, 0.5) is 0 Å². The van der Waals surface area contributed by atoms with E-state index in [2.05, 4.69) is 0 Å². The van der Waals surface area contributed by atoms with E-state index in [0.717, 1.165) is 0 Å². The van der Waals surface area contributed by atoms with Gasteiger partial charge in [-0.05, 0) is 24.3 Å². The predicted molar refractivity (Wildman–Crippen MR) is 174 cm³/mol. The van der Waals surface area contributed by atoms with E-state index in [4.69, 9.17) is 80.6 Å². The molecule has 0 fully saturated rings. The Hall–Kier alpha value is -0.350. The summed E-state index contributed by atoms with van der Waals surface area (Å²) in [4.78, 5) is 0. The van der Waals surface area contributed by atoms with Gasteiger partial charge in [-0.15, -0.1) is 0 Å². The monoisotopic (exact) mass is 684 g/mol. The topological polar surface area (TPSA) is 38.8 Å². The van der Waals surface area contributed by atoms with Crippen LogP contribution in [-0.4, -0.2) is 0 Å². The maximum absolute atomic E-state index is 7.35. The molecular formula is C24H20Cl6N3P4+. The minimum Gasteiger partial charge on any atom is -0.159 e. The van der Waals surface area contributed by atoms with Gasteiger partial charge in [-0.1, -0.05) is 146 Å². The highest BCUT2D eigenvalue weighted by Crippen LogP contribution is 2.73. The number of halogens is 6. The summed E-state index contributed by atoms with van der Waals surface area (Å²) in [6.07, 6.45) is 0. The molecule has 3 nitrogen and oxygen atoms in total. The molecule has 2 unspecified atom stereocenters. The number of rotatable bonds is 6. The molecule has 0 aliphatic carbocycles. The number of hydrogen-bond acceptors (Lipinski definition) is 0. The quantitative estimate of drug-likeness (QED) is 0.143. The smallest absolute Gasteiger partial charge is 0.159 e. The molecule has 0 saturated carbocycles. The molecule has 4 aromatic rings. The molecule has 37 heavy (non-hydrogen) atoms. The molecule has 4 rings (SSSR count). The Morgan fingerprint density at radius 1 is 0.378 bits per heavy atom. The Bertz CT molecular complexity index is 1480. The summed E-state index contributed by atoms with van der Waals surface area (Å²) < 4.78 is 14.8. The van der Waals surface area contributed by atoms with Crippen LogP contribution in [0.1, 0.15) is 0 Å². The minimum atomic E-state index is -3.34. The number of hydrogen-bond donors (Lipinski definition) is 0. The Morgan fingerprint density at radius 2 is 0.622 bits per heavy atom. The molecule has 192 valence electrons. The summed E-state index contributed by atoms with van der Waals surface area (Å²) in [6, 6.07) is 36.9. The van der Waals surface area contributed by atoms with E-state index in [9.17, 15) is 0 Å². The van der Waals surface area contributed by atoms with Gasteiger partial charge in [0.05, 0.1) is 10.6 Å². The average molecular weight is 687 g/mol. The van der Waals surface area contributed by atoms with Crippen molar-refractivity contribution in [2.45, 2.75) is 0 Å². The van der Waals surface area contributed by atoms with Gasteiger partial charge in [0, 0.05) is 33.1 Å². The highest BCUT2D eigenvalue weighted by atomic mass is 35.9. The SMILES string of the molecule is ClP(Cl)(=NP(Cl)(=[N+]=P(Cl)(N=P(Cl)(Cl)c1ccccc1)c1ccccc1)c1ccccc1)c1ccccc1. The lowest BCUT2D eigenvalue weighted by atomic mass is 10.4. The van der Waals surface area contributed by atoms with E-state index < -0.39 is 24.6 Å². The zero-order valence-electron chi connectivity index (χ0n) is 18.9. The van der Waals surface area contributed by atoms with Crippen molar-refractivity contribution in [1.82, 2.24) is 4.17 Å². The van der Waals surface area contributed by atoms with Gasteiger partial charge in [-0.25, -0.2) is 0 Å². The molecule has 0 N–H and O–H groups in total. The van der Waals surface area contributed by atoms with Gasteiger partial charge in [0.1, 0.15) is 0 Å². The van der Waals surface area contributed by atoms with Crippen LogP contribution in [0, 0.1) is 0 Å². The maximum Gasteiger partial charge on any atom is 0.445 e. The fraction of sp³-hybridized carbons (Fsp3) is 0. The second kappa shape index (κ2) is 12.4. The van der Waals surface area contributed by atoms with E-state index in [1.165, 1.54) is 0 Å². The molecule has 0 aliphatic rings. The predicted octanol–water partition coefficient (Wildman–Crippen LogP) is 10.9. The summed E-state index contributed by atoms with van der Waals surface area (Å²) in [5, 5.41) is 2.60. The molecule has 0 radical (unpaired) electrons. The van der Waals surface area contributed by atoms with Crippen molar-refractivity contribution in [3.63, 3.8) is 0 Å². The summed E-state index contributed by atoms with van der Waals surface area (Å²) >= 11 is 42.3. The van der Waals surface area contributed by atoms with Crippen LogP contribution in [0.15, 0.2) is 130 Å². The van der Waals surface area contributed by atoms with Gasteiger partial charge in [0.25, 0.3) is 0 Å². The third kappa shape index (κ3) is 7.44. The van der Waals surface area contributed by atoms with Gasteiger partial charge in [0.2, 0.25) is 0 Å². The standard InChI is InChI=1S/C24H20Cl6N3P4/c25-34(26,21-13-5-1-6-14-21)31-36(29,23-17-9-3-10-18-23)33-37(30,24-19-11-4-12-20-24)32-35(27,28)22-15-7-2-8-16-22/h1-20H/q+1. The van der Waals surface area contributed by atoms with Crippen LogP contribution in [-0.2, 0) is 0 Å². The van der Waals surface area contributed by atoms with E-state index in [1.54, 1.807) is 0 Å². The van der Waals surface area contributed by atoms with E-state index >= 15 is 0 Å². The van der Waals surface area contributed by atoms with Crippen LogP contribution in [0.5, 0.6) is 0 Å². The van der Waals surface area contributed by atoms with Crippen molar-refractivity contribution in [2.75, 3.05) is 0 Å². The lowest BCUT2D eigenvalue weighted by molar-refractivity contribution is 1.68. The first-order valence-corrected chi connectivity index (χ1v) is 23.1. The molecule has 0 amide bonds. The first-order chi connectivity index (χ1) is 17.5. The van der Waals surface area contributed by atoms with Gasteiger partial charge in [-0.2, -0.15) is 9.03 Å². The lowest BCUT2D eigenvalue weighted by Gasteiger charge is -2.13. The minimum absolute atomic E-state index is 0.641. The molecule has 13 heteroatoms. The van der Waals surface area contributed by atoms with Gasteiger partial charge < -0.3 is 0 Å². The Kier molecular flexibility index (Phi) is 9.96. The Balaban J connectivity index is 2.19. The lowest BCUT2D eigenvalue weighted by Crippen LogP contribution is -2.05. The molecule has 4 aromatic carbocycles. The van der Waals surface area contributed by atoms with Gasteiger partial charge in [-0.3, -0.25) is 0 Å². The fourth-order valence-corrected chi connectivity index (χ4v) is 23.2. The molecule has 2 atom stereocenters. The maximum atomic E-state index is 7.35. The third-order valence-corrected chi connectivity index (χ3v) is 22.7. The van der Waals surface area contributed by atoms with Crippen molar-refractivity contribution >= 4 is 113 Å². The van der Waals surface area contributed by atoms with Crippen LogP contribution in [0.25, 0.3) is 0 Å². The first kappa shape index (κ1) is 29.6. The van der Waals surface area contributed by atoms with E-state index in [-0.39, 0.29) is 0 Å². The number of benzene rings is 4. The second-order valence-corrected chi connectivity index (χ2v) is 25.6. The van der Waals surface area contributed by atoms with Crippen molar-refractivity contribution in [2.24, 2.45) is 9.03 Å². The highest BCUT2D eigenvalue weighted by Gasteiger charge is 2.41. The zero-order chi connectivity index (χ0) is 26.6. The molecule has 0 spiro atoms. The molecule has 0 aromatic heterocycles. The van der Waals surface area contributed by atoms with E-state index in [0.29, 0.717) is 21.2 Å². The van der Waals surface area contributed by atoms with Gasteiger partial charge >= 0.3 is 13.1 Å². The summed E-state index contributed by atoms with van der Waals surface area (Å²) in [7, 11) is 0. The molecule has 0 heterocycles. The summed E-state index contributed by atoms with van der Waals surface area (Å²) in [5.41, 5.74) is 0. The van der Waals surface area contributed by atoms with E-state index in [1.807, 2.05) is 121 Å². The first-order valence-electron chi connectivity index (χ1n) is 10.8. The van der Waals surface area contributed by atoms with Crippen LogP contribution >= 0.6 is 92.1 Å². The Labute approximate surface area is 246 Å². The van der Waals surface area contributed by atoms with Crippen LogP contribution in [0.3, 0.4) is 0 Å². The van der Waals surface area contributed by atoms with Crippen molar-refractivity contribution in [3.8, 4) is 0 Å². The molecule has 0 bridgehead atoms. The molecule has 0 saturated heterocycles. The largest absolute Gasteiger partial charge is 0.445 e. The summed E-state index contributed by atoms with van der Waals surface area (Å²) in [6.45, 7) is -6.68. The third-order valence-electron chi connectivity index (χ3n) is 5.00. The average Bonchev–Trinajstić information content (AvgIpc) is 2.90. The Morgan fingerprint density at radius 3 is 0.892 bits per heavy atom. The van der Waals surface area contributed by atoms with Crippen molar-refractivity contribution in [3.05, 3.63) is 121 Å². The number of nitrogens with zero attached hydrogens (tertiary/aromatic N) is 3.